The van der Waals surface area contributed by atoms with Gasteiger partial charge in [-0.15, -0.1) is 10.2 Å². The van der Waals surface area contributed by atoms with Gasteiger partial charge in [-0.2, -0.15) is 4.72 Å². The molecule has 0 aliphatic carbocycles. The maximum atomic E-state index is 13.8. The zero-order valence-electron chi connectivity index (χ0n) is 16.9. The smallest absolute Gasteiger partial charge is 0.324 e. The van der Waals surface area contributed by atoms with Gasteiger partial charge >= 0.3 is 5.97 Å². The number of nitrogens with zero attached hydrogens (tertiary/aromatic N) is 2. The summed E-state index contributed by atoms with van der Waals surface area (Å²) in [5, 5.41) is 7.79. The average molecular weight is 449 g/mol. The molecule has 0 unspecified atom stereocenters. The Labute approximate surface area is 178 Å². The fourth-order valence-corrected chi connectivity index (χ4v) is 3.85. The summed E-state index contributed by atoms with van der Waals surface area (Å²) >= 11 is 0. The number of rotatable bonds is 8. The Morgan fingerprint density at radius 3 is 2.42 bits per heavy atom. The largest absolute Gasteiger partial charge is 0.497 e. The summed E-state index contributed by atoms with van der Waals surface area (Å²) in [7, 11) is -2.71. The minimum atomic E-state index is -4.26. The first-order valence-corrected chi connectivity index (χ1v) is 10.6. The predicted octanol–water partition coefficient (Wildman–Crippen LogP) is 2.86. The molecule has 2 atom stereocenters. The maximum Gasteiger partial charge on any atom is 0.324 e. The number of methoxy groups -OCH3 is 1. The van der Waals surface area contributed by atoms with Gasteiger partial charge in [-0.1, -0.05) is 12.1 Å². The van der Waals surface area contributed by atoms with Crippen LogP contribution in [0, 0.1) is 5.82 Å². The molecule has 0 amide bonds. The monoisotopic (exact) mass is 449 g/mol. The van der Waals surface area contributed by atoms with Crippen LogP contribution in [0.1, 0.15) is 25.8 Å². The molecule has 3 rings (SSSR count). The van der Waals surface area contributed by atoms with Crippen LogP contribution >= 0.6 is 0 Å². The zero-order valence-corrected chi connectivity index (χ0v) is 17.7. The fourth-order valence-electron chi connectivity index (χ4n) is 2.58. The van der Waals surface area contributed by atoms with Crippen LogP contribution < -0.4 is 9.46 Å². The van der Waals surface area contributed by atoms with E-state index in [-0.39, 0.29) is 11.8 Å². The molecule has 11 heteroatoms. The van der Waals surface area contributed by atoms with Gasteiger partial charge in [0, 0.05) is 5.56 Å². The Morgan fingerprint density at radius 1 is 1.10 bits per heavy atom. The van der Waals surface area contributed by atoms with Crippen LogP contribution in [0.3, 0.4) is 0 Å². The Hall–Kier alpha value is -3.31. The Morgan fingerprint density at radius 2 is 1.77 bits per heavy atom. The standard InChI is InChI=1S/C20H20FN3O6S/c1-12(24-31(26,27)17-7-5-4-6-16(17)21)20(25)29-13(2)18-22-23-19(30-18)14-8-10-15(28-3)11-9-14/h4-13,24H,1-3H3/t12-,13+/m0/s1. The second kappa shape index (κ2) is 9.23. The summed E-state index contributed by atoms with van der Waals surface area (Å²) in [6.45, 7) is 2.78. The number of halogens is 1. The Bertz CT molecular complexity index is 1160. The van der Waals surface area contributed by atoms with E-state index in [9.17, 15) is 17.6 Å². The molecule has 1 heterocycles. The third-order valence-electron chi connectivity index (χ3n) is 4.23. The van der Waals surface area contributed by atoms with Crippen molar-refractivity contribution in [3.63, 3.8) is 0 Å². The number of carbonyl (C=O) groups is 1. The quantitative estimate of drug-likeness (QED) is 0.521. The van der Waals surface area contributed by atoms with Crippen molar-refractivity contribution in [2.24, 2.45) is 0 Å². The second-order valence-corrected chi connectivity index (χ2v) is 8.21. The summed E-state index contributed by atoms with van der Waals surface area (Å²) in [6, 6.07) is 10.5. The normalized spacial score (nSPS) is 13.4. The Kier molecular flexibility index (Phi) is 6.66. The van der Waals surface area contributed by atoms with Crippen molar-refractivity contribution in [2.45, 2.75) is 30.9 Å². The van der Waals surface area contributed by atoms with Crippen LogP contribution in [-0.2, 0) is 19.6 Å². The summed E-state index contributed by atoms with van der Waals surface area (Å²) < 4.78 is 56.4. The number of carbonyl (C=O) groups excluding carboxylic acids is 1. The molecule has 9 nitrogen and oxygen atoms in total. The molecular formula is C20H20FN3O6S. The summed E-state index contributed by atoms with van der Waals surface area (Å²) in [6.07, 6.45) is -0.938. The molecule has 3 aromatic rings. The molecule has 0 spiro atoms. The number of esters is 1. The molecule has 1 N–H and O–H groups in total. The number of hydrogen-bond donors (Lipinski definition) is 1. The molecule has 164 valence electrons. The van der Waals surface area contributed by atoms with Gasteiger partial charge in [0.15, 0.2) is 6.10 Å². The zero-order chi connectivity index (χ0) is 22.6. The molecular weight excluding hydrogens is 429 g/mol. The highest BCUT2D eigenvalue weighted by atomic mass is 32.2. The summed E-state index contributed by atoms with van der Waals surface area (Å²) in [5.41, 5.74) is 0.643. The van der Waals surface area contributed by atoms with Crippen LogP contribution in [0.15, 0.2) is 57.8 Å². The van der Waals surface area contributed by atoms with Crippen molar-refractivity contribution in [1.29, 1.82) is 0 Å². The fraction of sp³-hybridized carbons (Fsp3) is 0.250. The molecule has 0 saturated heterocycles. The van der Waals surface area contributed by atoms with Crippen LogP contribution in [0.25, 0.3) is 11.5 Å². The van der Waals surface area contributed by atoms with Crippen molar-refractivity contribution in [3.8, 4) is 17.2 Å². The molecule has 0 aliphatic rings. The molecule has 2 aromatic carbocycles. The molecule has 0 aliphatic heterocycles. The first-order chi connectivity index (χ1) is 14.7. The van der Waals surface area contributed by atoms with Gasteiger partial charge in [0.05, 0.1) is 7.11 Å². The molecule has 31 heavy (non-hydrogen) atoms. The van der Waals surface area contributed by atoms with Crippen LogP contribution in [0.2, 0.25) is 0 Å². The molecule has 1 aromatic heterocycles. The van der Waals surface area contributed by atoms with E-state index in [1.807, 2.05) is 0 Å². The lowest BCUT2D eigenvalue weighted by atomic mass is 10.2. The second-order valence-electron chi connectivity index (χ2n) is 6.53. The third-order valence-corrected chi connectivity index (χ3v) is 5.80. The van der Waals surface area contributed by atoms with E-state index in [0.717, 1.165) is 12.1 Å². The van der Waals surface area contributed by atoms with Gasteiger partial charge < -0.3 is 13.9 Å². The lowest BCUT2D eigenvalue weighted by Crippen LogP contribution is -2.40. The Balaban J connectivity index is 1.65. The molecule has 0 fully saturated rings. The lowest BCUT2D eigenvalue weighted by Gasteiger charge is -2.16. The van der Waals surface area contributed by atoms with E-state index in [2.05, 4.69) is 14.9 Å². The van der Waals surface area contributed by atoms with Crippen molar-refractivity contribution in [3.05, 3.63) is 60.2 Å². The average Bonchev–Trinajstić information content (AvgIpc) is 3.24. The first-order valence-electron chi connectivity index (χ1n) is 9.16. The van der Waals surface area contributed by atoms with Crippen LogP contribution in [-0.4, -0.2) is 37.7 Å². The predicted molar refractivity (Wildman–Crippen MR) is 107 cm³/mol. The maximum absolute atomic E-state index is 13.8. The van der Waals surface area contributed by atoms with Crippen LogP contribution in [0.5, 0.6) is 5.75 Å². The van der Waals surface area contributed by atoms with Crippen molar-refractivity contribution in [1.82, 2.24) is 14.9 Å². The number of nitrogens with one attached hydrogen (secondary N) is 1. The van der Waals surface area contributed by atoms with Gasteiger partial charge in [0.2, 0.25) is 15.9 Å². The van der Waals surface area contributed by atoms with Crippen LogP contribution in [0.4, 0.5) is 4.39 Å². The van der Waals surface area contributed by atoms with E-state index >= 15 is 0 Å². The first kappa shape index (κ1) is 22.4. The number of hydrogen-bond acceptors (Lipinski definition) is 8. The summed E-state index contributed by atoms with van der Waals surface area (Å²) in [5.74, 6) is -0.910. The van der Waals surface area contributed by atoms with Crippen molar-refractivity contribution >= 4 is 16.0 Å². The van der Waals surface area contributed by atoms with E-state index in [4.69, 9.17) is 13.9 Å². The van der Waals surface area contributed by atoms with E-state index in [1.54, 1.807) is 31.4 Å². The van der Waals surface area contributed by atoms with Gasteiger partial charge in [-0.3, -0.25) is 4.79 Å². The minimum Gasteiger partial charge on any atom is -0.497 e. The van der Waals surface area contributed by atoms with Crippen molar-refractivity contribution in [2.75, 3.05) is 7.11 Å². The highest BCUT2D eigenvalue weighted by Gasteiger charge is 2.28. The SMILES string of the molecule is COc1ccc(-c2nnc([C@@H](C)OC(=O)[C@H](C)NS(=O)(=O)c3ccccc3F)o2)cc1. The molecule has 0 radical (unpaired) electrons. The highest BCUT2D eigenvalue weighted by molar-refractivity contribution is 7.89. The van der Waals surface area contributed by atoms with E-state index in [0.29, 0.717) is 11.3 Å². The van der Waals surface area contributed by atoms with E-state index < -0.39 is 38.9 Å². The summed E-state index contributed by atoms with van der Waals surface area (Å²) in [4.78, 5) is 11.8. The lowest BCUT2D eigenvalue weighted by molar-refractivity contribution is -0.151. The van der Waals surface area contributed by atoms with Gasteiger partial charge in [-0.05, 0) is 50.2 Å². The van der Waals surface area contributed by atoms with Crippen molar-refractivity contribution < 1.29 is 31.5 Å². The number of aromatic nitrogens is 2. The number of ether oxygens (including phenoxy) is 2. The number of sulfonamides is 1. The third kappa shape index (κ3) is 5.25. The molecule has 0 bridgehead atoms. The molecule has 0 saturated carbocycles. The van der Waals surface area contributed by atoms with Gasteiger partial charge in [0.25, 0.3) is 5.89 Å². The van der Waals surface area contributed by atoms with E-state index in [1.165, 1.54) is 26.0 Å². The van der Waals surface area contributed by atoms with Gasteiger partial charge in [-0.25, -0.2) is 12.8 Å². The topological polar surface area (TPSA) is 121 Å². The highest BCUT2D eigenvalue weighted by Crippen LogP contribution is 2.24. The van der Waals surface area contributed by atoms with Gasteiger partial charge in [0.1, 0.15) is 22.5 Å². The minimum absolute atomic E-state index is 0.0309. The number of benzene rings is 2.